The Kier molecular flexibility index (Phi) is 11.1. The predicted molar refractivity (Wildman–Crippen MR) is 186 cm³/mol. The lowest BCUT2D eigenvalue weighted by molar-refractivity contribution is -0.384. The fourth-order valence-electron chi connectivity index (χ4n) is 6.64. The van der Waals surface area contributed by atoms with Gasteiger partial charge in [-0.05, 0) is 50.1 Å². The Hall–Kier alpha value is -4.77. The molecule has 3 aliphatic heterocycles. The summed E-state index contributed by atoms with van der Waals surface area (Å²) >= 11 is 6.69. The van der Waals surface area contributed by atoms with Crippen LogP contribution in [0.3, 0.4) is 0 Å². The number of hydrogen-bond donors (Lipinski definition) is 3. The molecule has 0 aliphatic carbocycles. The molecule has 3 amide bonds. The second kappa shape index (κ2) is 15.1. The van der Waals surface area contributed by atoms with Crippen molar-refractivity contribution in [1.82, 2.24) is 5.32 Å². The highest BCUT2D eigenvalue weighted by molar-refractivity contribution is 6.35. The highest BCUT2D eigenvalue weighted by atomic mass is 35.5. The number of aliphatic hydroxyl groups is 1. The largest absolute Gasteiger partial charge is 0.495 e. The molecule has 3 N–H and O–H groups in total. The van der Waals surface area contributed by atoms with Gasteiger partial charge in [0.05, 0.1) is 36.3 Å². The maximum absolute atomic E-state index is 14.0. The summed E-state index contributed by atoms with van der Waals surface area (Å²) < 4.78 is 42.4. The van der Waals surface area contributed by atoms with Crippen molar-refractivity contribution in [2.24, 2.45) is 5.92 Å². The molecule has 7 atom stereocenters. The first-order valence-electron chi connectivity index (χ1n) is 16.3. The van der Waals surface area contributed by atoms with Crippen molar-refractivity contribution >= 4 is 46.8 Å². The second-order valence-electron chi connectivity index (χ2n) is 13.2. The van der Waals surface area contributed by atoms with E-state index in [9.17, 15) is 34.0 Å². The number of alkyl carbamates (subject to hydrolysis) is 1. The zero-order chi connectivity index (χ0) is 38.1. The Labute approximate surface area is 303 Å². The Morgan fingerprint density at radius 1 is 1.25 bits per heavy atom. The molecule has 52 heavy (non-hydrogen) atoms. The van der Waals surface area contributed by atoms with Crippen LogP contribution in [0.15, 0.2) is 54.1 Å². The van der Waals surface area contributed by atoms with Crippen molar-refractivity contribution in [3.05, 3.63) is 80.7 Å². The van der Waals surface area contributed by atoms with Gasteiger partial charge in [-0.25, -0.2) is 14.0 Å². The smallest absolute Gasteiger partial charge is 0.412 e. The number of nitro benzene ring substituents is 1. The number of epoxide rings is 1. The highest BCUT2D eigenvalue weighted by Gasteiger charge is 2.64. The van der Waals surface area contributed by atoms with Gasteiger partial charge in [0.15, 0.2) is 5.72 Å². The van der Waals surface area contributed by atoms with Crippen LogP contribution in [0.25, 0.3) is 0 Å². The van der Waals surface area contributed by atoms with Gasteiger partial charge in [-0.1, -0.05) is 42.3 Å². The average Bonchev–Trinajstić information content (AvgIpc) is 3.78. The standard InChI is InChI=1S/C35H40ClFN4O11/c1-18-8-7-9-27(49-6)35(45)17-26(50-33(44)39-35)19(2)31-34(3,52-31)28(51-32(43)38-22-11-10-21(37)15-23(22)41(46)47)16-29(42)40(4)24-13-20(12-18)14-25(48-5)30(24)36/h7-11,13-15,19,26-28,31,45H,12,16-17H2,1-6H3,(H,38,43)(H,39,44)/b9-7+,18-8+/t19-,26+,27-,28+,31+,34+,35+/m1/s1. The Balaban J connectivity index is 1.55. The van der Waals surface area contributed by atoms with Crippen LogP contribution in [0.2, 0.25) is 5.02 Å². The van der Waals surface area contributed by atoms with E-state index in [4.69, 9.17) is 35.3 Å². The molecule has 3 heterocycles. The molecule has 2 aromatic carbocycles. The highest BCUT2D eigenvalue weighted by Crippen LogP contribution is 2.49. The summed E-state index contributed by atoms with van der Waals surface area (Å²) in [6, 6.07) is 6.05. The van der Waals surface area contributed by atoms with E-state index in [1.807, 2.05) is 13.0 Å². The first-order valence-corrected chi connectivity index (χ1v) is 16.7. The summed E-state index contributed by atoms with van der Waals surface area (Å²) in [6.07, 6.45) is -1.12. The van der Waals surface area contributed by atoms with Crippen molar-refractivity contribution in [3.63, 3.8) is 0 Å². The summed E-state index contributed by atoms with van der Waals surface area (Å²) in [7, 11) is 4.33. The minimum atomic E-state index is -1.88. The van der Waals surface area contributed by atoms with Crippen molar-refractivity contribution in [3.8, 4) is 5.75 Å². The van der Waals surface area contributed by atoms with E-state index in [0.717, 1.165) is 23.3 Å². The maximum Gasteiger partial charge on any atom is 0.412 e. The average molecular weight is 747 g/mol. The third-order valence-electron chi connectivity index (χ3n) is 9.59. The fourth-order valence-corrected chi connectivity index (χ4v) is 6.95. The molecule has 2 aromatic rings. The summed E-state index contributed by atoms with van der Waals surface area (Å²) in [5.41, 5.74) is -2.35. The lowest BCUT2D eigenvalue weighted by atomic mass is 9.83. The molecule has 15 nitrogen and oxygen atoms in total. The molecule has 17 heteroatoms. The van der Waals surface area contributed by atoms with Crippen LogP contribution in [0, 0.1) is 21.8 Å². The molecule has 2 fully saturated rings. The minimum absolute atomic E-state index is 0.118. The zero-order valence-electron chi connectivity index (χ0n) is 29.3. The van der Waals surface area contributed by atoms with E-state index in [1.54, 1.807) is 38.1 Å². The molecule has 5 rings (SSSR count). The van der Waals surface area contributed by atoms with E-state index in [1.165, 1.54) is 26.2 Å². The summed E-state index contributed by atoms with van der Waals surface area (Å²) in [5.74, 6) is -1.75. The van der Waals surface area contributed by atoms with Crippen LogP contribution >= 0.6 is 11.6 Å². The monoisotopic (exact) mass is 746 g/mol. The maximum atomic E-state index is 14.0. The molecule has 0 unspecified atom stereocenters. The second-order valence-corrected chi connectivity index (χ2v) is 13.6. The quantitative estimate of drug-likeness (QED) is 0.201. The topological polar surface area (TPSA) is 191 Å². The van der Waals surface area contributed by atoms with Gasteiger partial charge >= 0.3 is 12.2 Å². The van der Waals surface area contributed by atoms with Crippen LogP contribution < -0.4 is 20.3 Å². The van der Waals surface area contributed by atoms with Gasteiger partial charge in [-0.2, -0.15) is 0 Å². The van der Waals surface area contributed by atoms with E-state index in [0.29, 0.717) is 23.9 Å². The number of nitro groups is 1. The summed E-state index contributed by atoms with van der Waals surface area (Å²) in [4.78, 5) is 52.1. The van der Waals surface area contributed by atoms with Crippen LogP contribution in [0.5, 0.6) is 5.75 Å². The number of nitrogens with zero attached hydrogens (tertiary/aromatic N) is 2. The summed E-state index contributed by atoms with van der Waals surface area (Å²) in [5, 5.41) is 28.1. The Bertz CT molecular complexity index is 1820. The van der Waals surface area contributed by atoms with Crippen molar-refractivity contribution in [2.45, 2.75) is 75.8 Å². The van der Waals surface area contributed by atoms with Gasteiger partial charge in [0.25, 0.3) is 5.69 Å². The van der Waals surface area contributed by atoms with Crippen molar-refractivity contribution < 1.29 is 52.5 Å². The van der Waals surface area contributed by atoms with Crippen molar-refractivity contribution in [2.75, 3.05) is 31.5 Å². The minimum Gasteiger partial charge on any atom is -0.495 e. The number of rotatable bonds is 5. The van der Waals surface area contributed by atoms with Gasteiger partial charge in [0, 0.05) is 26.5 Å². The van der Waals surface area contributed by atoms with Gasteiger partial charge in [0.2, 0.25) is 5.91 Å². The number of ether oxygens (including phenoxy) is 5. The molecule has 2 saturated heterocycles. The van der Waals surface area contributed by atoms with Crippen molar-refractivity contribution in [1.29, 1.82) is 0 Å². The molecular formula is C35H40ClFN4O11. The first kappa shape index (κ1) is 38.5. The number of methoxy groups -OCH3 is 2. The van der Waals surface area contributed by atoms with E-state index < -0.39 is 82.6 Å². The number of fused-ring (bicyclic) bond motifs is 5. The predicted octanol–water partition coefficient (Wildman–Crippen LogP) is 5.42. The van der Waals surface area contributed by atoms with Gasteiger partial charge < -0.3 is 33.7 Å². The Morgan fingerprint density at radius 2 is 1.98 bits per heavy atom. The lowest BCUT2D eigenvalue weighted by Crippen LogP contribution is -2.63. The number of carbonyl (C=O) groups is 3. The fraction of sp³-hybridized carbons (Fsp3) is 0.457. The molecular weight excluding hydrogens is 707 g/mol. The first-order chi connectivity index (χ1) is 24.5. The third-order valence-corrected chi connectivity index (χ3v) is 9.97. The van der Waals surface area contributed by atoms with Gasteiger partial charge in [-0.3, -0.25) is 25.5 Å². The number of halogens is 2. The van der Waals surface area contributed by atoms with Crippen LogP contribution in [0.1, 0.15) is 39.2 Å². The van der Waals surface area contributed by atoms with E-state index in [2.05, 4.69) is 10.6 Å². The number of nitrogens with one attached hydrogen (secondary N) is 2. The van der Waals surface area contributed by atoms with Crippen LogP contribution in [0.4, 0.5) is 31.0 Å². The number of amides is 3. The molecule has 0 spiro atoms. The number of benzene rings is 2. The number of hydrogen-bond acceptors (Lipinski definition) is 11. The summed E-state index contributed by atoms with van der Waals surface area (Å²) in [6.45, 7) is 5.20. The number of anilines is 2. The molecule has 0 radical (unpaired) electrons. The molecule has 3 aliphatic rings. The zero-order valence-corrected chi connectivity index (χ0v) is 30.1. The van der Waals surface area contributed by atoms with E-state index in [-0.39, 0.29) is 17.1 Å². The van der Waals surface area contributed by atoms with Gasteiger partial charge in [0.1, 0.15) is 46.2 Å². The van der Waals surface area contributed by atoms with Crippen LogP contribution in [-0.4, -0.2) is 85.1 Å². The van der Waals surface area contributed by atoms with Gasteiger partial charge in [-0.15, -0.1) is 0 Å². The molecule has 0 saturated carbocycles. The normalized spacial score (nSPS) is 30.8. The van der Waals surface area contributed by atoms with Crippen LogP contribution in [-0.2, 0) is 30.2 Å². The molecule has 280 valence electrons. The van der Waals surface area contributed by atoms with E-state index >= 15 is 0 Å². The number of allylic oxidation sites excluding steroid dienone is 3. The SMILES string of the molecule is COc1cc2cc(c1Cl)N(C)C(=O)C[C@H](OC(=O)Nc1ccc(F)cc1[N+](=O)[O-])[C@]1(C)O[C@H]1[C@H](C)[C@@H]1C[C@@](O)(NC(=O)O1)[C@H](OC)/C=C/C=C(\C)C2. The molecule has 0 aromatic heterocycles. The number of carbonyl (C=O) groups excluding carboxylic acids is 3. The third kappa shape index (κ3) is 7.99. The lowest BCUT2D eigenvalue weighted by Gasteiger charge is -2.42. The Morgan fingerprint density at radius 3 is 2.65 bits per heavy atom. The molecule has 4 bridgehead atoms.